The second-order valence-electron chi connectivity index (χ2n) is 7.97. The number of piperidine rings is 1. The molecule has 2 unspecified atom stereocenters. The molecule has 2 amide bonds. The summed E-state index contributed by atoms with van der Waals surface area (Å²) in [6.45, 7) is 4.70. The van der Waals surface area contributed by atoms with Crippen LogP contribution in [0.5, 0.6) is 0 Å². The minimum absolute atomic E-state index is 0.0537. The van der Waals surface area contributed by atoms with E-state index in [0.717, 1.165) is 58.2 Å². The molecule has 0 spiro atoms. The zero-order valence-corrected chi connectivity index (χ0v) is 15.5. The topological polar surface area (TPSA) is 78.7 Å². The van der Waals surface area contributed by atoms with Crippen LogP contribution in [0.25, 0.3) is 0 Å². The molecule has 1 aliphatic carbocycles. The highest BCUT2D eigenvalue weighted by Gasteiger charge is 2.38. The van der Waals surface area contributed by atoms with Gasteiger partial charge in [-0.2, -0.15) is 0 Å². The summed E-state index contributed by atoms with van der Waals surface area (Å²) >= 11 is 0. The van der Waals surface area contributed by atoms with Gasteiger partial charge in [-0.25, -0.2) is 0 Å². The van der Waals surface area contributed by atoms with E-state index in [1.165, 1.54) is 0 Å². The summed E-state index contributed by atoms with van der Waals surface area (Å²) < 4.78 is 0. The van der Waals surface area contributed by atoms with Gasteiger partial charge < -0.3 is 20.9 Å². The summed E-state index contributed by atoms with van der Waals surface area (Å²) in [7, 11) is 3.58. The van der Waals surface area contributed by atoms with Crippen molar-refractivity contribution in [3.8, 4) is 0 Å². The number of nitrogens with zero attached hydrogens (tertiary/aromatic N) is 2. The number of likely N-dealkylation sites (tertiary alicyclic amines) is 1. The first-order chi connectivity index (χ1) is 11.3. The Balaban J connectivity index is 1.72. The molecule has 2 aliphatic rings. The lowest BCUT2D eigenvalue weighted by Crippen LogP contribution is -2.55. The van der Waals surface area contributed by atoms with Gasteiger partial charge in [-0.1, -0.05) is 12.8 Å². The predicted molar refractivity (Wildman–Crippen MR) is 95.5 cm³/mol. The average Bonchev–Trinajstić information content (AvgIpc) is 2.53. The van der Waals surface area contributed by atoms with Gasteiger partial charge in [-0.05, 0) is 32.6 Å². The summed E-state index contributed by atoms with van der Waals surface area (Å²) in [6.07, 6.45) is 6.54. The number of hydrogen-bond acceptors (Lipinski definition) is 4. The highest BCUT2D eigenvalue weighted by molar-refractivity contribution is 5.80. The van der Waals surface area contributed by atoms with Gasteiger partial charge in [0.2, 0.25) is 11.8 Å². The lowest BCUT2D eigenvalue weighted by Gasteiger charge is -2.39. The Labute approximate surface area is 146 Å². The van der Waals surface area contributed by atoms with Crippen LogP contribution in [0, 0.1) is 5.92 Å². The molecule has 2 atom stereocenters. The normalized spacial score (nSPS) is 29.2. The lowest BCUT2D eigenvalue weighted by atomic mass is 9.74. The van der Waals surface area contributed by atoms with Gasteiger partial charge >= 0.3 is 0 Å². The summed E-state index contributed by atoms with van der Waals surface area (Å²) in [5, 5.41) is 3.23. The number of nitrogens with two attached hydrogens (primary N) is 1. The maximum Gasteiger partial charge on any atom is 0.225 e. The first-order valence-corrected chi connectivity index (χ1v) is 9.31. The van der Waals surface area contributed by atoms with E-state index >= 15 is 0 Å². The Bertz CT molecular complexity index is 442. The third kappa shape index (κ3) is 5.18. The van der Waals surface area contributed by atoms with E-state index in [1.807, 2.05) is 6.92 Å². The molecule has 0 aromatic rings. The van der Waals surface area contributed by atoms with Crippen LogP contribution in [0.4, 0.5) is 0 Å². The fourth-order valence-corrected chi connectivity index (χ4v) is 3.87. The van der Waals surface area contributed by atoms with Crippen LogP contribution in [0.1, 0.15) is 51.9 Å². The smallest absolute Gasteiger partial charge is 0.225 e. The standard InChI is InChI=1S/C18H34N4O2/c1-18(19)10-5-4-6-15(18)17(24)20-14-7-11-22(12-8-14)13-9-16(23)21(2)3/h14-15H,4-13,19H2,1-3H3,(H,20,24). The second kappa shape index (κ2) is 8.30. The van der Waals surface area contributed by atoms with Crippen molar-refractivity contribution in [3.05, 3.63) is 0 Å². The van der Waals surface area contributed by atoms with Gasteiger partial charge in [-0.15, -0.1) is 0 Å². The molecule has 2 rings (SSSR count). The van der Waals surface area contributed by atoms with Gasteiger partial charge in [0.25, 0.3) is 0 Å². The van der Waals surface area contributed by atoms with Crippen molar-refractivity contribution < 1.29 is 9.59 Å². The number of hydrogen-bond donors (Lipinski definition) is 2. The number of nitrogens with one attached hydrogen (secondary N) is 1. The molecule has 3 N–H and O–H groups in total. The maximum absolute atomic E-state index is 12.6. The van der Waals surface area contributed by atoms with Crippen LogP contribution in [-0.4, -0.2) is 66.9 Å². The molecule has 0 aromatic carbocycles. The number of amides is 2. The van der Waals surface area contributed by atoms with Gasteiger partial charge in [0.1, 0.15) is 0 Å². The number of carbonyl (C=O) groups excluding carboxylic acids is 2. The molecular formula is C18H34N4O2. The van der Waals surface area contributed by atoms with Crippen LogP contribution < -0.4 is 11.1 Å². The van der Waals surface area contributed by atoms with Crippen LogP contribution >= 0.6 is 0 Å². The molecule has 0 bridgehead atoms. The SMILES string of the molecule is CN(C)C(=O)CCN1CCC(NC(=O)C2CCCCC2(C)N)CC1. The molecule has 2 fully saturated rings. The van der Waals surface area contributed by atoms with Crippen molar-refractivity contribution in [2.45, 2.75) is 63.5 Å². The van der Waals surface area contributed by atoms with Crippen LogP contribution in [0.3, 0.4) is 0 Å². The van der Waals surface area contributed by atoms with Gasteiger partial charge in [0.15, 0.2) is 0 Å². The second-order valence-corrected chi connectivity index (χ2v) is 7.97. The van der Waals surface area contributed by atoms with E-state index in [1.54, 1.807) is 19.0 Å². The quantitative estimate of drug-likeness (QED) is 0.782. The first-order valence-electron chi connectivity index (χ1n) is 9.31. The Morgan fingerprint density at radius 3 is 2.46 bits per heavy atom. The van der Waals surface area contributed by atoms with Crippen LogP contribution in [0.15, 0.2) is 0 Å². The molecule has 6 heteroatoms. The fourth-order valence-electron chi connectivity index (χ4n) is 3.87. The van der Waals surface area contributed by atoms with E-state index in [-0.39, 0.29) is 29.3 Å². The van der Waals surface area contributed by atoms with Crippen LogP contribution in [-0.2, 0) is 9.59 Å². The molecule has 0 aromatic heterocycles. The molecule has 6 nitrogen and oxygen atoms in total. The monoisotopic (exact) mass is 338 g/mol. The van der Waals surface area contributed by atoms with E-state index < -0.39 is 0 Å². The largest absolute Gasteiger partial charge is 0.353 e. The fraction of sp³-hybridized carbons (Fsp3) is 0.889. The Hall–Kier alpha value is -1.14. The highest BCUT2D eigenvalue weighted by Crippen LogP contribution is 2.32. The predicted octanol–water partition coefficient (Wildman–Crippen LogP) is 0.953. The van der Waals surface area contributed by atoms with Crippen LogP contribution in [0.2, 0.25) is 0 Å². The Morgan fingerprint density at radius 2 is 1.88 bits per heavy atom. The van der Waals surface area contributed by atoms with Crippen molar-refractivity contribution in [3.63, 3.8) is 0 Å². The van der Waals surface area contributed by atoms with Crippen molar-refractivity contribution in [1.82, 2.24) is 15.1 Å². The highest BCUT2D eigenvalue weighted by atomic mass is 16.2. The summed E-state index contributed by atoms with van der Waals surface area (Å²) in [5.74, 6) is 0.257. The zero-order chi connectivity index (χ0) is 17.7. The zero-order valence-electron chi connectivity index (χ0n) is 15.5. The van der Waals surface area contributed by atoms with Gasteiger partial charge in [0.05, 0.1) is 5.92 Å². The lowest BCUT2D eigenvalue weighted by molar-refractivity contribution is -0.129. The van der Waals surface area contributed by atoms with Crippen molar-refractivity contribution >= 4 is 11.8 Å². The van der Waals surface area contributed by atoms with E-state index in [9.17, 15) is 9.59 Å². The van der Waals surface area contributed by atoms with Gasteiger partial charge in [0, 0.05) is 51.7 Å². The Morgan fingerprint density at radius 1 is 1.21 bits per heavy atom. The van der Waals surface area contributed by atoms with Crippen molar-refractivity contribution in [2.75, 3.05) is 33.7 Å². The molecule has 1 saturated heterocycles. The van der Waals surface area contributed by atoms with Crippen molar-refractivity contribution in [1.29, 1.82) is 0 Å². The molecule has 138 valence electrons. The summed E-state index contributed by atoms with van der Waals surface area (Å²) in [5.41, 5.74) is 5.97. The molecule has 1 saturated carbocycles. The van der Waals surface area contributed by atoms with Gasteiger partial charge in [-0.3, -0.25) is 9.59 Å². The molecule has 1 aliphatic heterocycles. The first kappa shape index (κ1) is 19.2. The molecule has 0 radical (unpaired) electrons. The number of carbonyl (C=O) groups is 2. The number of rotatable bonds is 5. The minimum Gasteiger partial charge on any atom is -0.353 e. The van der Waals surface area contributed by atoms with E-state index in [4.69, 9.17) is 5.73 Å². The third-order valence-electron chi connectivity index (χ3n) is 5.65. The third-order valence-corrected chi connectivity index (χ3v) is 5.65. The maximum atomic E-state index is 12.6. The average molecular weight is 338 g/mol. The van der Waals surface area contributed by atoms with Crippen molar-refractivity contribution in [2.24, 2.45) is 11.7 Å². The van der Waals surface area contributed by atoms with E-state index in [2.05, 4.69) is 10.2 Å². The molecule has 24 heavy (non-hydrogen) atoms. The molecular weight excluding hydrogens is 304 g/mol. The Kier molecular flexibility index (Phi) is 6.63. The van der Waals surface area contributed by atoms with E-state index in [0.29, 0.717) is 6.42 Å². The minimum atomic E-state index is -0.365. The molecule has 1 heterocycles. The summed E-state index contributed by atoms with van der Waals surface area (Å²) in [6, 6.07) is 0.246. The summed E-state index contributed by atoms with van der Waals surface area (Å²) in [4.78, 5) is 28.2.